The van der Waals surface area contributed by atoms with Gasteiger partial charge in [-0.25, -0.2) is 4.79 Å². The topological polar surface area (TPSA) is 46.5 Å². The van der Waals surface area contributed by atoms with Crippen molar-refractivity contribution in [3.63, 3.8) is 0 Å². The average Bonchev–Trinajstić information content (AvgIpc) is 2.69. The minimum absolute atomic E-state index is 0.0400. The number of hydrogen-bond donors (Lipinski definition) is 1. The Kier molecular flexibility index (Phi) is 6.65. The summed E-state index contributed by atoms with van der Waals surface area (Å²) in [6.45, 7) is 6.43. The van der Waals surface area contributed by atoms with Crippen LogP contribution < -0.4 is 4.74 Å². The molecule has 0 bridgehead atoms. The lowest BCUT2D eigenvalue weighted by Crippen LogP contribution is -2.29. The molecule has 0 amide bonds. The van der Waals surface area contributed by atoms with Crippen molar-refractivity contribution in [1.82, 2.24) is 0 Å². The number of hydrogen-bond acceptors (Lipinski definition) is 3. The van der Waals surface area contributed by atoms with Crippen molar-refractivity contribution < 1.29 is 14.6 Å². The molecule has 3 nitrogen and oxygen atoms in total. The number of carboxylic acids is 1. The molecule has 0 fully saturated rings. The Hall–Kier alpha value is -2.72. The maximum Gasteiger partial charge on any atom is 0.345 e. The van der Waals surface area contributed by atoms with Crippen LogP contribution in [0.15, 0.2) is 88.7 Å². The van der Waals surface area contributed by atoms with Crippen LogP contribution in [-0.4, -0.2) is 17.2 Å². The van der Waals surface area contributed by atoms with E-state index in [1.807, 2.05) is 78.9 Å². The second-order valence-corrected chi connectivity index (χ2v) is 9.06. The monoisotopic (exact) mass is 406 g/mol. The minimum atomic E-state index is -0.968. The number of carbonyl (C=O) groups is 1. The summed E-state index contributed by atoms with van der Waals surface area (Å²) < 4.78 is 5.84. The summed E-state index contributed by atoms with van der Waals surface area (Å²) in [5.74, 6) is -0.400. The normalized spacial score (nSPS) is 12.4. The molecule has 4 heteroatoms. The largest absolute Gasteiger partial charge is 0.478 e. The van der Waals surface area contributed by atoms with Gasteiger partial charge >= 0.3 is 5.97 Å². The fourth-order valence-corrected chi connectivity index (χ4v) is 3.94. The van der Waals surface area contributed by atoms with Crippen LogP contribution in [0.25, 0.3) is 0 Å². The molecule has 0 aromatic heterocycles. The van der Waals surface area contributed by atoms with Crippen molar-refractivity contribution in [1.29, 1.82) is 0 Å². The zero-order valence-corrected chi connectivity index (χ0v) is 17.8. The zero-order valence-electron chi connectivity index (χ0n) is 17.0. The first-order valence-corrected chi connectivity index (χ1v) is 10.5. The van der Waals surface area contributed by atoms with E-state index >= 15 is 0 Å². The van der Waals surface area contributed by atoms with Gasteiger partial charge in [0.15, 0.2) is 6.10 Å². The van der Waals surface area contributed by atoms with Crippen LogP contribution in [0.2, 0.25) is 0 Å². The fourth-order valence-electron chi connectivity index (χ4n) is 2.96. The summed E-state index contributed by atoms with van der Waals surface area (Å²) in [4.78, 5) is 14.0. The van der Waals surface area contributed by atoms with E-state index < -0.39 is 12.1 Å². The summed E-state index contributed by atoms with van der Waals surface area (Å²) in [5, 5.41) is 9.73. The van der Waals surface area contributed by atoms with Crippen LogP contribution in [0.4, 0.5) is 0 Å². The predicted molar refractivity (Wildman–Crippen MR) is 118 cm³/mol. The zero-order chi connectivity index (χ0) is 20.9. The van der Waals surface area contributed by atoms with E-state index in [0.717, 1.165) is 15.4 Å². The lowest BCUT2D eigenvalue weighted by molar-refractivity contribution is -0.145. The molecule has 0 saturated heterocycles. The molecule has 29 heavy (non-hydrogen) atoms. The Labute approximate surface area is 176 Å². The first kappa shape index (κ1) is 21.0. The maximum absolute atomic E-state index is 11.9. The highest BCUT2D eigenvalue weighted by molar-refractivity contribution is 7.99. The SMILES string of the molecule is CC(C)(C)c1ccc(O[C@@H](Cc2ccccc2Sc2ccccc2)C(=O)O)cc1. The van der Waals surface area contributed by atoms with Gasteiger partial charge in [-0.15, -0.1) is 0 Å². The lowest BCUT2D eigenvalue weighted by Gasteiger charge is -2.20. The van der Waals surface area contributed by atoms with Crippen LogP contribution in [0, 0.1) is 0 Å². The van der Waals surface area contributed by atoms with E-state index in [9.17, 15) is 9.90 Å². The van der Waals surface area contributed by atoms with Gasteiger partial charge in [-0.2, -0.15) is 0 Å². The van der Waals surface area contributed by atoms with Crippen LogP contribution in [0.3, 0.4) is 0 Å². The van der Waals surface area contributed by atoms with Crippen LogP contribution in [0.1, 0.15) is 31.9 Å². The number of rotatable bonds is 7. The third kappa shape index (κ3) is 5.88. The van der Waals surface area contributed by atoms with E-state index in [0.29, 0.717) is 12.2 Å². The molecule has 3 rings (SSSR count). The molecule has 0 radical (unpaired) electrons. The van der Waals surface area contributed by atoms with Crippen LogP contribution >= 0.6 is 11.8 Å². The van der Waals surface area contributed by atoms with Crippen molar-refractivity contribution in [3.05, 3.63) is 90.0 Å². The van der Waals surface area contributed by atoms with E-state index in [1.165, 1.54) is 5.56 Å². The second-order valence-electron chi connectivity index (χ2n) is 7.95. The van der Waals surface area contributed by atoms with Gasteiger partial charge in [0, 0.05) is 16.2 Å². The first-order chi connectivity index (χ1) is 13.8. The molecule has 1 N–H and O–H groups in total. The summed E-state index contributed by atoms with van der Waals surface area (Å²) in [6.07, 6.45) is -0.653. The highest BCUT2D eigenvalue weighted by Crippen LogP contribution is 2.31. The Bertz CT molecular complexity index is 944. The van der Waals surface area contributed by atoms with E-state index in [4.69, 9.17) is 4.74 Å². The van der Waals surface area contributed by atoms with Crippen molar-refractivity contribution in [3.8, 4) is 5.75 Å². The quantitative estimate of drug-likeness (QED) is 0.507. The average molecular weight is 407 g/mol. The number of aliphatic carboxylic acids is 1. The molecule has 0 aliphatic rings. The Morgan fingerprint density at radius 2 is 1.55 bits per heavy atom. The number of benzene rings is 3. The van der Waals surface area contributed by atoms with E-state index in [-0.39, 0.29) is 5.41 Å². The number of carboxylic acid groups (broad SMARTS) is 1. The summed E-state index contributed by atoms with van der Waals surface area (Å²) >= 11 is 1.63. The second kappa shape index (κ2) is 9.19. The van der Waals surface area contributed by atoms with Crippen molar-refractivity contribution in [2.75, 3.05) is 0 Å². The first-order valence-electron chi connectivity index (χ1n) is 9.64. The molecule has 0 spiro atoms. The van der Waals surface area contributed by atoms with Gasteiger partial charge in [0.25, 0.3) is 0 Å². The van der Waals surface area contributed by atoms with Crippen LogP contribution in [-0.2, 0) is 16.6 Å². The molecule has 0 heterocycles. The molecule has 0 saturated carbocycles. The minimum Gasteiger partial charge on any atom is -0.478 e. The third-order valence-corrected chi connectivity index (χ3v) is 5.75. The van der Waals surface area contributed by atoms with Crippen molar-refractivity contribution in [2.24, 2.45) is 0 Å². The molecular weight excluding hydrogens is 380 g/mol. The highest BCUT2D eigenvalue weighted by Gasteiger charge is 2.22. The lowest BCUT2D eigenvalue weighted by atomic mass is 9.87. The summed E-state index contributed by atoms with van der Waals surface area (Å²) in [7, 11) is 0. The Balaban J connectivity index is 1.77. The smallest absolute Gasteiger partial charge is 0.345 e. The summed E-state index contributed by atoms with van der Waals surface area (Å²) in [6, 6.07) is 25.6. The molecular formula is C25H26O3S. The maximum atomic E-state index is 11.9. The molecule has 0 aliphatic heterocycles. The van der Waals surface area contributed by atoms with Gasteiger partial charge < -0.3 is 9.84 Å². The third-order valence-electron chi connectivity index (χ3n) is 4.62. The molecule has 3 aromatic rings. The molecule has 0 aliphatic carbocycles. The Morgan fingerprint density at radius 3 is 2.17 bits per heavy atom. The van der Waals surface area contributed by atoms with Crippen molar-refractivity contribution in [2.45, 2.75) is 48.5 Å². The van der Waals surface area contributed by atoms with Gasteiger partial charge in [-0.1, -0.05) is 81.1 Å². The van der Waals surface area contributed by atoms with E-state index in [2.05, 4.69) is 20.8 Å². The van der Waals surface area contributed by atoms with Gasteiger partial charge in [-0.3, -0.25) is 0 Å². The van der Waals surface area contributed by atoms with Gasteiger partial charge in [-0.05, 0) is 46.9 Å². The fraction of sp³-hybridized carbons (Fsp3) is 0.240. The number of ether oxygens (including phenoxy) is 1. The van der Waals surface area contributed by atoms with Gasteiger partial charge in [0.1, 0.15) is 5.75 Å². The van der Waals surface area contributed by atoms with Gasteiger partial charge in [0.2, 0.25) is 0 Å². The molecule has 150 valence electrons. The standard InChI is InChI=1S/C25H26O3S/c1-25(2,3)19-13-15-20(16-14-19)28-22(24(26)27)17-18-9-7-8-12-23(18)29-21-10-5-4-6-11-21/h4-16,22H,17H2,1-3H3,(H,26,27)/t22-/m0/s1. The molecule has 1 atom stereocenters. The van der Waals surface area contributed by atoms with Gasteiger partial charge in [0.05, 0.1) is 0 Å². The Morgan fingerprint density at radius 1 is 0.931 bits per heavy atom. The molecule has 0 unspecified atom stereocenters. The predicted octanol–water partition coefficient (Wildman–Crippen LogP) is 6.21. The highest BCUT2D eigenvalue weighted by atomic mass is 32.2. The van der Waals surface area contributed by atoms with Crippen LogP contribution in [0.5, 0.6) is 5.75 Å². The van der Waals surface area contributed by atoms with E-state index in [1.54, 1.807) is 11.8 Å². The molecule has 3 aromatic carbocycles. The van der Waals surface area contributed by atoms with Crippen molar-refractivity contribution >= 4 is 17.7 Å². The summed E-state index contributed by atoms with van der Waals surface area (Å²) in [5.41, 5.74) is 2.18.